The van der Waals surface area contributed by atoms with Gasteiger partial charge >= 0.3 is 0 Å². The third-order valence-electron chi connectivity index (χ3n) is 4.76. The highest BCUT2D eigenvalue weighted by Gasteiger charge is 2.24. The van der Waals surface area contributed by atoms with Crippen LogP contribution in [-0.2, 0) is 10.0 Å². The Balaban J connectivity index is 1.87. The van der Waals surface area contributed by atoms with Crippen molar-refractivity contribution < 1.29 is 22.4 Å². The highest BCUT2D eigenvalue weighted by Crippen LogP contribution is 2.31. The van der Waals surface area contributed by atoms with Crippen LogP contribution in [0.2, 0.25) is 0 Å². The maximum absolute atomic E-state index is 12.9. The molecule has 2 aromatic carbocycles. The lowest BCUT2D eigenvalue weighted by atomic mass is 10.2. The molecule has 0 unspecified atom stereocenters. The van der Waals surface area contributed by atoms with E-state index in [1.54, 1.807) is 24.3 Å². The van der Waals surface area contributed by atoms with Crippen molar-refractivity contribution >= 4 is 38.5 Å². The maximum atomic E-state index is 12.9. The Morgan fingerprint density at radius 1 is 1.00 bits per heavy atom. The fourth-order valence-electron chi connectivity index (χ4n) is 3.31. The minimum atomic E-state index is -3.64. The number of fused-ring (bicyclic) bond motifs is 1. The SMILES string of the molecule is CCCN(CCC)S(=O)(=O)c1ccc(C(=O)Nc2c(C(N)=O)oc3ccccc23)cc1. The number of anilines is 1. The zero-order valence-electron chi connectivity index (χ0n) is 17.4. The summed E-state index contributed by atoms with van der Waals surface area (Å²) in [4.78, 5) is 24.6. The normalized spacial score (nSPS) is 11.7. The minimum Gasteiger partial charge on any atom is -0.449 e. The fraction of sp³-hybridized carbons (Fsp3) is 0.273. The summed E-state index contributed by atoms with van der Waals surface area (Å²) >= 11 is 0. The molecule has 0 spiro atoms. The number of nitrogens with two attached hydrogens (primary N) is 1. The van der Waals surface area contributed by atoms with Gasteiger partial charge in [-0.05, 0) is 49.2 Å². The van der Waals surface area contributed by atoms with Gasteiger partial charge < -0.3 is 15.5 Å². The van der Waals surface area contributed by atoms with Gasteiger partial charge in [-0.2, -0.15) is 4.31 Å². The molecule has 8 nitrogen and oxygen atoms in total. The second-order valence-corrected chi connectivity index (χ2v) is 8.99. The summed E-state index contributed by atoms with van der Waals surface area (Å²) in [6.07, 6.45) is 1.42. The third-order valence-corrected chi connectivity index (χ3v) is 6.67. The van der Waals surface area contributed by atoms with Crippen molar-refractivity contribution in [2.45, 2.75) is 31.6 Å². The second-order valence-electron chi connectivity index (χ2n) is 7.05. The predicted octanol–water partition coefficient (Wildman–Crippen LogP) is 3.59. The molecule has 3 aromatic rings. The molecule has 0 fully saturated rings. The number of primary amides is 1. The maximum Gasteiger partial charge on any atom is 0.286 e. The first-order chi connectivity index (χ1) is 14.8. The van der Waals surface area contributed by atoms with Gasteiger partial charge in [0.1, 0.15) is 11.3 Å². The lowest BCUT2D eigenvalue weighted by Crippen LogP contribution is -2.32. The largest absolute Gasteiger partial charge is 0.449 e. The van der Waals surface area contributed by atoms with E-state index in [9.17, 15) is 18.0 Å². The van der Waals surface area contributed by atoms with E-state index in [4.69, 9.17) is 10.2 Å². The van der Waals surface area contributed by atoms with E-state index in [1.807, 2.05) is 13.8 Å². The summed E-state index contributed by atoms with van der Waals surface area (Å²) in [5, 5.41) is 3.20. The van der Waals surface area contributed by atoms with Gasteiger partial charge in [-0.15, -0.1) is 0 Å². The van der Waals surface area contributed by atoms with Crippen LogP contribution < -0.4 is 11.1 Å². The summed E-state index contributed by atoms with van der Waals surface area (Å²) in [6.45, 7) is 4.71. The molecule has 9 heteroatoms. The van der Waals surface area contributed by atoms with E-state index in [0.29, 0.717) is 36.9 Å². The molecule has 0 saturated carbocycles. The fourth-order valence-corrected chi connectivity index (χ4v) is 4.93. The van der Waals surface area contributed by atoms with Crippen LogP contribution in [0.1, 0.15) is 47.6 Å². The zero-order valence-corrected chi connectivity index (χ0v) is 18.2. The van der Waals surface area contributed by atoms with E-state index in [1.165, 1.54) is 28.6 Å². The molecule has 1 heterocycles. The van der Waals surface area contributed by atoms with Gasteiger partial charge in [0.15, 0.2) is 0 Å². The van der Waals surface area contributed by atoms with Gasteiger partial charge in [-0.1, -0.05) is 26.0 Å². The third kappa shape index (κ3) is 4.62. The predicted molar refractivity (Wildman–Crippen MR) is 118 cm³/mol. The van der Waals surface area contributed by atoms with Gasteiger partial charge in [0.25, 0.3) is 11.8 Å². The van der Waals surface area contributed by atoms with Gasteiger partial charge in [-0.25, -0.2) is 8.42 Å². The van der Waals surface area contributed by atoms with E-state index in [-0.39, 0.29) is 21.9 Å². The van der Waals surface area contributed by atoms with Gasteiger partial charge in [0.05, 0.1) is 4.90 Å². The molecular weight excluding hydrogens is 418 g/mol. The number of hydrogen-bond donors (Lipinski definition) is 2. The van der Waals surface area contributed by atoms with Crippen LogP contribution in [0.15, 0.2) is 57.8 Å². The molecule has 0 saturated heterocycles. The van der Waals surface area contributed by atoms with Crippen LogP contribution in [-0.4, -0.2) is 37.6 Å². The van der Waals surface area contributed by atoms with Crippen LogP contribution in [0.25, 0.3) is 11.0 Å². The van der Waals surface area contributed by atoms with Crippen molar-refractivity contribution in [2.75, 3.05) is 18.4 Å². The number of hydrogen-bond acceptors (Lipinski definition) is 5. The van der Waals surface area contributed by atoms with Crippen LogP contribution >= 0.6 is 0 Å². The summed E-state index contributed by atoms with van der Waals surface area (Å²) in [6, 6.07) is 12.5. The monoisotopic (exact) mass is 443 g/mol. The molecule has 164 valence electrons. The first-order valence-electron chi connectivity index (χ1n) is 10.0. The average Bonchev–Trinajstić information content (AvgIpc) is 3.12. The first kappa shape index (κ1) is 22.5. The summed E-state index contributed by atoms with van der Waals surface area (Å²) in [5.41, 5.74) is 6.22. The van der Waals surface area contributed by atoms with Crippen molar-refractivity contribution in [1.29, 1.82) is 0 Å². The van der Waals surface area contributed by atoms with Crippen molar-refractivity contribution in [3.05, 3.63) is 59.9 Å². The Hall–Kier alpha value is -3.17. The molecule has 3 rings (SSSR count). The Morgan fingerprint density at radius 3 is 2.19 bits per heavy atom. The van der Waals surface area contributed by atoms with E-state index >= 15 is 0 Å². The molecule has 0 aliphatic rings. The van der Waals surface area contributed by atoms with E-state index < -0.39 is 21.8 Å². The van der Waals surface area contributed by atoms with Crippen molar-refractivity contribution in [2.24, 2.45) is 5.73 Å². The summed E-state index contributed by atoms with van der Waals surface area (Å²) in [7, 11) is -3.64. The van der Waals surface area contributed by atoms with Crippen molar-refractivity contribution in [1.82, 2.24) is 4.31 Å². The number of nitrogens with zero attached hydrogens (tertiary/aromatic N) is 1. The average molecular weight is 444 g/mol. The van der Waals surface area contributed by atoms with Crippen LogP contribution in [0.3, 0.4) is 0 Å². The molecule has 3 N–H and O–H groups in total. The van der Waals surface area contributed by atoms with Gasteiger partial charge in [-0.3, -0.25) is 9.59 Å². The molecule has 0 atom stereocenters. The van der Waals surface area contributed by atoms with Crippen LogP contribution in [0.4, 0.5) is 5.69 Å². The molecule has 0 radical (unpaired) electrons. The highest BCUT2D eigenvalue weighted by atomic mass is 32.2. The van der Waals surface area contributed by atoms with E-state index in [2.05, 4.69) is 5.32 Å². The molecule has 0 bridgehead atoms. The zero-order chi connectivity index (χ0) is 22.6. The number of sulfonamides is 1. The van der Waals surface area contributed by atoms with Crippen LogP contribution in [0.5, 0.6) is 0 Å². The minimum absolute atomic E-state index is 0.123. The Morgan fingerprint density at radius 2 is 1.61 bits per heavy atom. The number of benzene rings is 2. The lowest BCUT2D eigenvalue weighted by molar-refractivity contribution is 0.0977. The Bertz CT molecular complexity index is 1190. The molecule has 1 aromatic heterocycles. The number of rotatable bonds is 9. The Kier molecular flexibility index (Phi) is 6.77. The smallest absolute Gasteiger partial charge is 0.286 e. The van der Waals surface area contributed by atoms with Crippen molar-refractivity contribution in [3.63, 3.8) is 0 Å². The molecular formula is C22H25N3O5S. The molecule has 2 amide bonds. The summed E-state index contributed by atoms with van der Waals surface area (Å²) < 4.78 is 32.7. The standard InChI is InChI=1S/C22H25N3O5S/c1-3-13-25(14-4-2)31(28,29)16-11-9-15(10-12-16)22(27)24-19-17-7-5-6-8-18(17)30-20(19)21(23)26/h5-12H,3-4,13-14H2,1-2H3,(H2,23,26)(H,24,27). The quantitative estimate of drug-likeness (QED) is 0.523. The number of carbonyl (C=O) groups is 2. The van der Waals surface area contributed by atoms with E-state index in [0.717, 1.165) is 0 Å². The van der Waals surface area contributed by atoms with Crippen molar-refractivity contribution in [3.8, 4) is 0 Å². The first-order valence-corrected chi connectivity index (χ1v) is 11.5. The Labute approximate surface area is 181 Å². The number of amides is 2. The van der Waals surface area contributed by atoms with Crippen LogP contribution in [0, 0.1) is 0 Å². The van der Waals surface area contributed by atoms with Gasteiger partial charge in [0, 0.05) is 24.0 Å². The lowest BCUT2D eigenvalue weighted by Gasteiger charge is -2.21. The van der Waals surface area contributed by atoms with Gasteiger partial charge in [0.2, 0.25) is 15.8 Å². The molecule has 0 aliphatic carbocycles. The highest BCUT2D eigenvalue weighted by molar-refractivity contribution is 7.89. The number of para-hydroxylation sites is 1. The summed E-state index contributed by atoms with van der Waals surface area (Å²) in [5.74, 6) is -1.47. The number of nitrogens with one attached hydrogen (secondary N) is 1. The number of furan rings is 1. The second kappa shape index (κ2) is 9.32. The topological polar surface area (TPSA) is 123 Å². The molecule has 0 aliphatic heterocycles. The molecule has 31 heavy (non-hydrogen) atoms. The number of carbonyl (C=O) groups excluding carboxylic acids is 2.